The van der Waals surface area contributed by atoms with Crippen LogP contribution in [0.3, 0.4) is 0 Å². The molecule has 0 unspecified atom stereocenters. The molecule has 8 heteroatoms. The zero-order chi connectivity index (χ0) is 19.7. The van der Waals surface area contributed by atoms with Crippen LogP contribution in [-0.4, -0.2) is 27.8 Å². The molecular formula is C20H21BrClFN4O. The van der Waals surface area contributed by atoms with Crippen LogP contribution in [0.5, 0.6) is 0 Å². The van der Waals surface area contributed by atoms with E-state index < -0.39 is 0 Å². The molecule has 2 atom stereocenters. The third kappa shape index (κ3) is 3.87. The van der Waals surface area contributed by atoms with Gasteiger partial charge in [0.05, 0.1) is 11.4 Å². The molecule has 0 spiro atoms. The van der Waals surface area contributed by atoms with Crippen LogP contribution in [0.25, 0.3) is 0 Å². The van der Waals surface area contributed by atoms with Crippen LogP contribution in [0.4, 0.5) is 10.2 Å². The molecule has 1 aromatic heterocycles. The quantitative estimate of drug-likeness (QED) is 0.560. The molecule has 0 aliphatic carbocycles. The highest BCUT2D eigenvalue weighted by Crippen LogP contribution is 2.40. The highest BCUT2D eigenvalue weighted by atomic mass is 79.9. The van der Waals surface area contributed by atoms with Crippen molar-refractivity contribution in [1.29, 1.82) is 0 Å². The third-order valence-electron chi connectivity index (χ3n) is 5.41. The smallest absolute Gasteiger partial charge is 0.151 e. The number of hydrogen-bond donors (Lipinski definition) is 0. The largest absolute Gasteiger partial charge is 0.391 e. The molecule has 0 radical (unpaired) electrons. The lowest BCUT2D eigenvalue weighted by Crippen LogP contribution is -2.44. The first-order valence-electron chi connectivity index (χ1n) is 9.46. The number of aromatic nitrogens is 2. The Kier molecular flexibility index (Phi) is 5.83. The highest BCUT2D eigenvalue weighted by Gasteiger charge is 2.41. The minimum Gasteiger partial charge on any atom is -0.391 e. The maximum Gasteiger partial charge on any atom is 0.151 e. The summed E-state index contributed by atoms with van der Waals surface area (Å²) >= 11 is 9.81. The first kappa shape index (κ1) is 19.6. The van der Waals surface area contributed by atoms with Crippen molar-refractivity contribution < 1.29 is 9.23 Å². The summed E-state index contributed by atoms with van der Waals surface area (Å²) in [5.74, 6) is 0.535. The Hall–Kier alpha value is -1.73. The number of rotatable bonds is 5. The Morgan fingerprint density at radius 1 is 1.29 bits per heavy atom. The van der Waals surface area contributed by atoms with Crippen LogP contribution in [0, 0.1) is 5.82 Å². The van der Waals surface area contributed by atoms with E-state index in [2.05, 4.69) is 36.0 Å². The summed E-state index contributed by atoms with van der Waals surface area (Å²) in [4.78, 5) is 16.5. The molecule has 5 nitrogen and oxygen atoms in total. The fraction of sp³-hybridized carbons (Fsp3) is 0.450. The summed E-state index contributed by atoms with van der Waals surface area (Å²) in [5, 5.41) is 4.97. The van der Waals surface area contributed by atoms with Crippen molar-refractivity contribution in [3.05, 3.63) is 51.1 Å². The molecule has 148 valence electrons. The molecule has 2 aliphatic rings. The number of piperidine rings is 1. The molecule has 1 aromatic carbocycles. The van der Waals surface area contributed by atoms with Gasteiger partial charge in [0.2, 0.25) is 0 Å². The highest BCUT2D eigenvalue weighted by molar-refractivity contribution is 9.10. The molecule has 0 amide bonds. The molecular weight excluding hydrogens is 447 g/mol. The number of anilines is 1. The molecule has 2 bridgehead atoms. The average Bonchev–Trinajstić information content (AvgIpc) is 2.93. The number of oxime groups is 1. The topological polar surface area (TPSA) is 50.6 Å². The van der Waals surface area contributed by atoms with Gasteiger partial charge in [-0.3, -0.25) is 0 Å². The second-order valence-corrected chi connectivity index (χ2v) is 8.47. The van der Waals surface area contributed by atoms with E-state index in [4.69, 9.17) is 16.4 Å². The Morgan fingerprint density at radius 3 is 2.71 bits per heavy atom. The monoisotopic (exact) mass is 466 g/mol. The summed E-state index contributed by atoms with van der Waals surface area (Å²) in [6.07, 6.45) is 6.14. The maximum atomic E-state index is 13.9. The number of benzene rings is 1. The van der Waals surface area contributed by atoms with Gasteiger partial charge in [-0.25, -0.2) is 14.4 Å². The average molecular weight is 468 g/mol. The summed E-state index contributed by atoms with van der Waals surface area (Å²) in [6, 6.07) is 5.55. The first-order chi connectivity index (χ1) is 13.6. The lowest BCUT2D eigenvalue weighted by atomic mass is 10.0. The van der Waals surface area contributed by atoms with Gasteiger partial charge in [-0.2, -0.15) is 0 Å². The molecule has 3 heterocycles. The zero-order valence-electron chi connectivity index (χ0n) is 15.5. The number of halogens is 3. The number of nitrogens with zero attached hydrogens (tertiary/aromatic N) is 4. The van der Waals surface area contributed by atoms with E-state index >= 15 is 0 Å². The second kappa shape index (κ2) is 8.33. The Bertz CT molecular complexity index is 894. The molecule has 2 saturated heterocycles. The molecule has 2 aromatic rings. The van der Waals surface area contributed by atoms with E-state index in [1.165, 1.54) is 6.07 Å². The molecule has 0 saturated carbocycles. The summed E-state index contributed by atoms with van der Waals surface area (Å²) in [6.45, 7) is 2.17. The van der Waals surface area contributed by atoms with Gasteiger partial charge in [-0.05, 0) is 31.4 Å². The van der Waals surface area contributed by atoms with Gasteiger partial charge in [0.1, 0.15) is 23.8 Å². The number of fused-ring (bicyclic) bond motifs is 2. The molecule has 2 fully saturated rings. The van der Waals surface area contributed by atoms with Crippen molar-refractivity contribution in [3.8, 4) is 0 Å². The fourth-order valence-electron chi connectivity index (χ4n) is 4.06. The summed E-state index contributed by atoms with van der Waals surface area (Å²) in [7, 11) is 0. The van der Waals surface area contributed by atoms with Crippen LogP contribution in [-0.2, 0) is 17.9 Å². The lowest BCUT2D eigenvalue weighted by molar-refractivity contribution is 0.126. The van der Waals surface area contributed by atoms with Gasteiger partial charge in [-0.1, -0.05) is 45.7 Å². The Morgan fingerprint density at radius 2 is 2.04 bits per heavy atom. The Labute approximate surface area is 177 Å². The fourth-order valence-corrected chi connectivity index (χ4v) is 4.73. The number of aryl methyl sites for hydroxylation is 1. The van der Waals surface area contributed by atoms with Crippen molar-refractivity contribution in [1.82, 2.24) is 9.97 Å². The van der Waals surface area contributed by atoms with Crippen molar-refractivity contribution in [2.75, 3.05) is 4.90 Å². The van der Waals surface area contributed by atoms with E-state index in [0.717, 1.165) is 49.3 Å². The van der Waals surface area contributed by atoms with Crippen LogP contribution in [0.1, 0.15) is 43.9 Å². The van der Waals surface area contributed by atoms with Crippen molar-refractivity contribution in [3.63, 3.8) is 0 Å². The minimum atomic E-state index is -0.297. The van der Waals surface area contributed by atoms with Gasteiger partial charge in [-0.15, -0.1) is 0 Å². The standard InChI is InChI=1S/C20H21BrClFN4O/c1-2-18-19(22)20(25-11-24-18)27-15-5-6-16(27)9-14(8-15)26-28-10-12-3-4-13(21)7-17(12)23/h3-4,7,11,15-16H,2,5-6,8-10H2,1H3/t15-,16+. The van der Waals surface area contributed by atoms with E-state index in [0.29, 0.717) is 27.1 Å². The van der Waals surface area contributed by atoms with Crippen LogP contribution in [0.15, 0.2) is 34.2 Å². The minimum absolute atomic E-state index is 0.124. The second-order valence-electron chi connectivity index (χ2n) is 7.18. The van der Waals surface area contributed by atoms with E-state index in [1.54, 1.807) is 18.5 Å². The predicted octanol–water partition coefficient (Wildman–Crippen LogP) is 5.30. The maximum absolute atomic E-state index is 13.9. The molecule has 4 rings (SSSR count). The van der Waals surface area contributed by atoms with Crippen LogP contribution < -0.4 is 4.90 Å². The predicted molar refractivity (Wildman–Crippen MR) is 111 cm³/mol. The summed E-state index contributed by atoms with van der Waals surface area (Å²) < 4.78 is 14.6. The van der Waals surface area contributed by atoms with Crippen molar-refractivity contribution >= 4 is 39.1 Å². The van der Waals surface area contributed by atoms with Crippen LogP contribution >= 0.6 is 27.5 Å². The van der Waals surface area contributed by atoms with Crippen molar-refractivity contribution in [2.24, 2.45) is 5.16 Å². The van der Waals surface area contributed by atoms with Gasteiger partial charge < -0.3 is 9.74 Å². The third-order valence-corrected chi connectivity index (χ3v) is 6.29. The van der Waals surface area contributed by atoms with Gasteiger partial charge in [0.25, 0.3) is 0 Å². The summed E-state index contributed by atoms with van der Waals surface area (Å²) in [5.41, 5.74) is 2.39. The molecule has 2 aliphatic heterocycles. The van der Waals surface area contributed by atoms with Gasteiger partial charge in [0.15, 0.2) is 5.82 Å². The normalized spacial score (nSPS) is 22.7. The molecule has 0 N–H and O–H groups in total. The van der Waals surface area contributed by atoms with E-state index in [-0.39, 0.29) is 12.4 Å². The van der Waals surface area contributed by atoms with Crippen molar-refractivity contribution in [2.45, 2.75) is 57.7 Å². The SMILES string of the molecule is CCc1ncnc(N2[C@@H]3CC[C@H]2CC(=NOCc2ccc(Br)cc2F)C3)c1Cl. The molecule has 28 heavy (non-hydrogen) atoms. The van der Waals surface area contributed by atoms with Gasteiger partial charge in [0, 0.05) is 35.0 Å². The zero-order valence-corrected chi connectivity index (χ0v) is 17.9. The van der Waals surface area contributed by atoms with Crippen LogP contribution in [0.2, 0.25) is 5.02 Å². The van der Waals surface area contributed by atoms with E-state index in [9.17, 15) is 4.39 Å². The first-order valence-corrected chi connectivity index (χ1v) is 10.6. The number of hydrogen-bond acceptors (Lipinski definition) is 5. The van der Waals surface area contributed by atoms with E-state index in [1.807, 2.05) is 6.92 Å². The Balaban J connectivity index is 1.44. The lowest BCUT2D eigenvalue weighted by Gasteiger charge is -2.36. The van der Waals surface area contributed by atoms with Gasteiger partial charge >= 0.3 is 0 Å².